The molecule has 0 radical (unpaired) electrons. The van der Waals surface area contributed by atoms with Gasteiger partial charge in [-0.15, -0.1) is 30.6 Å². The molecule has 2 N–H and O–H groups in total. The van der Waals surface area contributed by atoms with Crippen molar-refractivity contribution in [2.45, 2.75) is 19.9 Å². The molecule has 0 heterocycles. The predicted octanol–water partition coefficient (Wildman–Crippen LogP) is 2.72. The van der Waals surface area contributed by atoms with E-state index < -0.39 is 0 Å². The van der Waals surface area contributed by atoms with Gasteiger partial charge in [0.1, 0.15) is 0 Å². The molecule has 0 aliphatic heterocycles. The molecular weight excluding hydrogens is 337 g/mol. The van der Waals surface area contributed by atoms with E-state index in [2.05, 4.69) is 53.4 Å². The first kappa shape index (κ1) is 17.0. The van der Waals surface area contributed by atoms with Crippen molar-refractivity contribution >= 4 is 29.9 Å². The van der Waals surface area contributed by atoms with Gasteiger partial charge in [-0.05, 0) is 17.5 Å². The minimum Gasteiger partial charge on any atom is -0.353 e. The fourth-order valence-corrected chi connectivity index (χ4v) is 1.64. The Bertz CT molecular complexity index is 388. The smallest absolute Gasteiger partial charge is 0.191 e. The summed E-state index contributed by atoms with van der Waals surface area (Å²) in [6, 6.07) is 8.45. The van der Waals surface area contributed by atoms with Crippen LogP contribution in [-0.4, -0.2) is 19.6 Å². The average molecular weight is 359 g/mol. The Hall–Kier alpha value is -1.04. The number of nitrogens with one attached hydrogen (secondary N) is 2. The van der Waals surface area contributed by atoms with Gasteiger partial charge in [0.05, 0.1) is 0 Å². The molecule has 100 valence electrons. The van der Waals surface area contributed by atoms with Crippen LogP contribution in [-0.2, 0) is 13.0 Å². The van der Waals surface area contributed by atoms with E-state index in [0.717, 1.165) is 25.5 Å². The maximum atomic E-state index is 4.14. The number of benzene rings is 1. The van der Waals surface area contributed by atoms with Crippen molar-refractivity contribution in [2.75, 3.05) is 13.6 Å². The number of rotatable bonds is 5. The molecule has 3 nitrogen and oxygen atoms in total. The fraction of sp³-hybridized carbons (Fsp3) is 0.357. The molecule has 1 aromatic carbocycles. The van der Waals surface area contributed by atoms with Crippen LogP contribution in [0.15, 0.2) is 41.9 Å². The van der Waals surface area contributed by atoms with Crippen LogP contribution in [0.25, 0.3) is 0 Å². The van der Waals surface area contributed by atoms with Gasteiger partial charge >= 0.3 is 0 Å². The third-order valence-corrected chi connectivity index (χ3v) is 2.58. The van der Waals surface area contributed by atoms with Gasteiger partial charge in [-0.2, -0.15) is 0 Å². The molecule has 0 spiro atoms. The maximum Gasteiger partial charge on any atom is 0.191 e. The fourth-order valence-electron chi connectivity index (χ4n) is 1.64. The number of aryl methyl sites for hydroxylation is 1. The summed E-state index contributed by atoms with van der Waals surface area (Å²) >= 11 is 0. The Morgan fingerprint density at radius 3 is 2.50 bits per heavy atom. The molecule has 0 saturated carbocycles. The van der Waals surface area contributed by atoms with Crippen LogP contribution in [0.5, 0.6) is 0 Å². The van der Waals surface area contributed by atoms with Crippen LogP contribution in [0, 0.1) is 0 Å². The first-order valence-electron chi connectivity index (χ1n) is 5.94. The van der Waals surface area contributed by atoms with Crippen molar-refractivity contribution in [3.8, 4) is 0 Å². The average Bonchev–Trinajstić information content (AvgIpc) is 2.39. The van der Waals surface area contributed by atoms with Gasteiger partial charge in [-0.25, -0.2) is 0 Å². The van der Waals surface area contributed by atoms with Gasteiger partial charge in [0.15, 0.2) is 5.96 Å². The molecule has 0 aromatic heterocycles. The largest absolute Gasteiger partial charge is 0.353 e. The normalized spacial score (nSPS) is 10.4. The number of nitrogens with zero attached hydrogens (tertiary/aromatic N) is 1. The number of guanidine groups is 1. The van der Waals surface area contributed by atoms with E-state index in [1.807, 2.05) is 6.08 Å². The molecule has 1 aromatic rings. The molecule has 0 aliphatic carbocycles. The summed E-state index contributed by atoms with van der Waals surface area (Å²) in [6.07, 6.45) is 2.86. The summed E-state index contributed by atoms with van der Waals surface area (Å²) in [5.74, 6) is 0.802. The second kappa shape index (κ2) is 9.94. The van der Waals surface area contributed by atoms with Crippen molar-refractivity contribution in [3.63, 3.8) is 0 Å². The lowest BCUT2D eigenvalue weighted by atomic mass is 10.1. The second-order valence-electron chi connectivity index (χ2n) is 3.72. The number of aliphatic imine (C=N–C) groups is 1. The summed E-state index contributed by atoms with van der Waals surface area (Å²) < 4.78 is 0. The van der Waals surface area contributed by atoms with Crippen molar-refractivity contribution in [3.05, 3.63) is 48.0 Å². The Labute approximate surface area is 127 Å². The third-order valence-electron chi connectivity index (χ3n) is 2.58. The van der Waals surface area contributed by atoms with E-state index in [-0.39, 0.29) is 24.0 Å². The summed E-state index contributed by atoms with van der Waals surface area (Å²) in [5.41, 5.74) is 2.69. The third kappa shape index (κ3) is 5.53. The lowest BCUT2D eigenvalue weighted by Gasteiger charge is -2.12. The van der Waals surface area contributed by atoms with E-state index in [1.54, 1.807) is 7.05 Å². The van der Waals surface area contributed by atoms with Crippen LogP contribution in [0.1, 0.15) is 18.1 Å². The highest BCUT2D eigenvalue weighted by Crippen LogP contribution is 2.08. The monoisotopic (exact) mass is 359 g/mol. The van der Waals surface area contributed by atoms with Crippen LogP contribution in [0.4, 0.5) is 0 Å². The predicted molar refractivity (Wildman–Crippen MR) is 89.6 cm³/mol. The van der Waals surface area contributed by atoms with Crippen LogP contribution < -0.4 is 10.6 Å². The van der Waals surface area contributed by atoms with E-state index in [4.69, 9.17) is 0 Å². The van der Waals surface area contributed by atoms with Crippen molar-refractivity contribution in [1.82, 2.24) is 10.6 Å². The zero-order valence-corrected chi connectivity index (χ0v) is 13.4. The van der Waals surface area contributed by atoms with Crippen molar-refractivity contribution < 1.29 is 0 Å². The SMILES string of the molecule is C=CCNC(=NC)NCc1ccccc1CC.I. The Morgan fingerprint density at radius 2 is 1.94 bits per heavy atom. The zero-order chi connectivity index (χ0) is 12.5. The molecule has 0 fully saturated rings. The van der Waals surface area contributed by atoms with Crippen LogP contribution >= 0.6 is 24.0 Å². The summed E-state index contributed by atoms with van der Waals surface area (Å²) in [6.45, 7) is 7.35. The molecule has 0 amide bonds. The van der Waals surface area contributed by atoms with Gasteiger partial charge in [-0.1, -0.05) is 37.3 Å². The van der Waals surface area contributed by atoms with Crippen molar-refractivity contribution in [2.24, 2.45) is 4.99 Å². The minimum absolute atomic E-state index is 0. The van der Waals surface area contributed by atoms with Gasteiger partial charge in [0.2, 0.25) is 0 Å². The molecule has 4 heteroatoms. The highest BCUT2D eigenvalue weighted by Gasteiger charge is 2.00. The van der Waals surface area contributed by atoms with Gasteiger partial charge < -0.3 is 10.6 Å². The quantitative estimate of drug-likeness (QED) is 0.367. The van der Waals surface area contributed by atoms with E-state index in [0.29, 0.717) is 0 Å². The number of hydrogen-bond donors (Lipinski definition) is 2. The molecule has 18 heavy (non-hydrogen) atoms. The zero-order valence-electron chi connectivity index (χ0n) is 11.1. The lowest BCUT2D eigenvalue weighted by Crippen LogP contribution is -2.36. The minimum atomic E-state index is 0. The van der Waals surface area contributed by atoms with Gasteiger partial charge in [0.25, 0.3) is 0 Å². The summed E-state index contributed by atoms with van der Waals surface area (Å²) in [7, 11) is 1.77. The standard InChI is InChI=1S/C14H21N3.HI/c1-4-10-16-14(15-3)17-11-13-9-7-6-8-12(13)5-2;/h4,6-9H,1,5,10-11H2,2-3H3,(H2,15,16,17);1H. The lowest BCUT2D eigenvalue weighted by molar-refractivity contribution is 0.836. The van der Waals surface area contributed by atoms with E-state index >= 15 is 0 Å². The summed E-state index contributed by atoms with van der Waals surface area (Å²) in [4.78, 5) is 4.14. The van der Waals surface area contributed by atoms with E-state index in [1.165, 1.54) is 11.1 Å². The van der Waals surface area contributed by atoms with Crippen LogP contribution in [0.3, 0.4) is 0 Å². The maximum absolute atomic E-state index is 4.14. The second-order valence-corrected chi connectivity index (χ2v) is 3.72. The highest BCUT2D eigenvalue weighted by molar-refractivity contribution is 14.0. The number of halogens is 1. The molecule has 0 bridgehead atoms. The number of hydrogen-bond acceptors (Lipinski definition) is 1. The molecule has 0 aliphatic rings. The first-order chi connectivity index (χ1) is 8.31. The van der Waals surface area contributed by atoms with E-state index in [9.17, 15) is 0 Å². The molecular formula is C14H22IN3. The van der Waals surface area contributed by atoms with Crippen LogP contribution in [0.2, 0.25) is 0 Å². The highest BCUT2D eigenvalue weighted by atomic mass is 127. The van der Waals surface area contributed by atoms with Gasteiger partial charge in [-0.3, -0.25) is 4.99 Å². The topological polar surface area (TPSA) is 36.4 Å². The molecule has 0 unspecified atom stereocenters. The molecule has 0 atom stereocenters. The Balaban J connectivity index is 0.00000289. The van der Waals surface area contributed by atoms with Gasteiger partial charge in [0, 0.05) is 20.1 Å². The molecule has 1 rings (SSSR count). The Kier molecular flexibility index (Phi) is 9.36. The summed E-state index contributed by atoms with van der Waals surface area (Å²) in [5, 5.41) is 6.43. The first-order valence-corrected chi connectivity index (χ1v) is 5.94. The Morgan fingerprint density at radius 1 is 1.28 bits per heavy atom. The molecule has 0 saturated heterocycles. The van der Waals surface area contributed by atoms with Crippen molar-refractivity contribution in [1.29, 1.82) is 0 Å².